The van der Waals surface area contributed by atoms with Crippen LogP contribution in [0.4, 0.5) is 0 Å². The van der Waals surface area contributed by atoms with Crippen molar-refractivity contribution in [2.75, 3.05) is 32.1 Å². The lowest BCUT2D eigenvalue weighted by Gasteiger charge is -2.12. The van der Waals surface area contributed by atoms with Crippen LogP contribution in [0.5, 0.6) is 5.75 Å². The van der Waals surface area contributed by atoms with Gasteiger partial charge in [-0.05, 0) is 61.2 Å². The van der Waals surface area contributed by atoms with Crippen molar-refractivity contribution in [3.63, 3.8) is 0 Å². The zero-order chi connectivity index (χ0) is 27.3. The van der Waals surface area contributed by atoms with Crippen LogP contribution in [0.1, 0.15) is 25.3 Å². The van der Waals surface area contributed by atoms with Gasteiger partial charge in [-0.2, -0.15) is 16.0 Å². The molecule has 0 aliphatic carbocycles. The quantitative estimate of drug-likeness (QED) is 0.382. The highest BCUT2D eigenvalue weighted by Gasteiger charge is 2.21. The highest BCUT2D eigenvalue weighted by atomic mass is 32.2. The summed E-state index contributed by atoms with van der Waals surface area (Å²) in [4.78, 5) is 28.7. The lowest BCUT2D eigenvalue weighted by atomic mass is 10.0. The second-order valence-corrected chi connectivity index (χ2v) is 9.39. The molecule has 11 heteroatoms. The van der Waals surface area contributed by atoms with Gasteiger partial charge in [0.1, 0.15) is 12.5 Å². The van der Waals surface area contributed by atoms with Gasteiger partial charge in [0, 0.05) is 19.0 Å². The van der Waals surface area contributed by atoms with E-state index in [9.17, 15) is 13.8 Å². The van der Waals surface area contributed by atoms with E-state index in [0.717, 1.165) is 23.1 Å². The van der Waals surface area contributed by atoms with Gasteiger partial charge in [-0.25, -0.2) is 4.72 Å². The third-order valence-corrected chi connectivity index (χ3v) is 5.94. The minimum Gasteiger partial charge on any atom is -0.480 e. The Labute approximate surface area is 220 Å². The summed E-state index contributed by atoms with van der Waals surface area (Å²) in [5.41, 5.74) is 3.27. The largest absolute Gasteiger partial charge is 0.480 e. The van der Waals surface area contributed by atoms with Crippen molar-refractivity contribution in [3.8, 4) is 16.9 Å². The Bertz CT molecular complexity index is 929. The number of hydrogen-bond donors (Lipinski definition) is 4. The summed E-state index contributed by atoms with van der Waals surface area (Å²) in [6, 6.07) is 15.7. The van der Waals surface area contributed by atoms with E-state index in [2.05, 4.69) is 28.5 Å². The first-order valence-corrected chi connectivity index (χ1v) is 13.7. The number of likely N-dealkylation sites (N-methyl/N-ethyl adjacent to an activating group) is 1. The molecule has 0 saturated carbocycles. The van der Waals surface area contributed by atoms with Gasteiger partial charge in [0.15, 0.2) is 0 Å². The van der Waals surface area contributed by atoms with Crippen molar-refractivity contribution in [1.82, 2.24) is 15.4 Å². The van der Waals surface area contributed by atoms with Crippen LogP contribution in [-0.2, 0) is 25.7 Å². The van der Waals surface area contributed by atoms with E-state index in [1.165, 1.54) is 5.75 Å². The summed E-state index contributed by atoms with van der Waals surface area (Å²) in [6.45, 7) is 6.64. The molecule has 1 fully saturated rings. The van der Waals surface area contributed by atoms with Gasteiger partial charge in [0.25, 0.3) is 11.3 Å². The lowest BCUT2D eigenvalue weighted by Crippen LogP contribution is -2.37. The van der Waals surface area contributed by atoms with Crippen LogP contribution in [0.25, 0.3) is 11.1 Å². The molecular weight excluding hydrogens is 502 g/mol. The fraction of sp³-hybridized carbons (Fsp3) is 0.400. The minimum absolute atomic E-state index is 0.0166. The molecule has 3 rings (SSSR count). The Balaban J connectivity index is 0.000000860. The number of carboxylic acids is 1. The van der Waals surface area contributed by atoms with Crippen molar-refractivity contribution in [3.05, 3.63) is 54.1 Å². The van der Waals surface area contributed by atoms with Crippen molar-refractivity contribution >= 4 is 41.7 Å². The van der Waals surface area contributed by atoms with Gasteiger partial charge >= 0.3 is 5.97 Å². The molecule has 0 aromatic heterocycles. The molecule has 2 unspecified atom stereocenters. The number of amides is 1. The number of hydrogen-bond acceptors (Lipinski definition) is 7. The van der Waals surface area contributed by atoms with E-state index in [1.54, 1.807) is 13.1 Å². The number of rotatable bonds is 9. The smallest absolute Gasteiger partial charge is 0.317 e. The molecule has 200 valence electrons. The topological polar surface area (TPSA) is 134 Å². The van der Waals surface area contributed by atoms with E-state index in [1.807, 2.05) is 67.9 Å². The first-order valence-electron chi connectivity index (χ1n) is 11.2. The van der Waals surface area contributed by atoms with Crippen LogP contribution >= 0.6 is 11.8 Å². The molecule has 2 atom stereocenters. The van der Waals surface area contributed by atoms with E-state index >= 15 is 0 Å². The number of carbonyl (C=O) groups excluding carboxylic acids is 2. The van der Waals surface area contributed by atoms with E-state index in [-0.39, 0.29) is 18.5 Å². The summed E-state index contributed by atoms with van der Waals surface area (Å²) in [6.07, 6.45) is 3.38. The molecule has 0 spiro atoms. The average molecular weight is 540 g/mol. The van der Waals surface area contributed by atoms with Gasteiger partial charge in [0.2, 0.25) is 5.91 Å². The number of thioether (sulfide) groups is 1. The van der Waals surface area contributed by atoms with Gasteiger partial charge in [-0.15, -0.1) is 0 Å². The predicted molar refractivity (Wildman–Crippen MR) is 147 cm³/mol. The van der Waals surface area contributed by atoms with Crippen LogP contribution in [0.15, 0.2) is 48.5 Å². The maximum atomic E-state index is 12.0. The standard InChI is InChI=1S/C18H20N2O3S.C3H7NO2.C3H8S.CH2O/c1-13-7-9-16(11-17(13)14-5-3-2-4-6-14)23-24(22)19-12-15-8-10-18(21)20-15;1-4-2-3(5)6;1-3-4-2;1-2/h2-7,9,11,15,19H,8,10,12H2,1H3,(H,20,21);4H,2H2,1H3,(H,5,6);3H2,1-2H3;1H2. The normalized spacial score (nSPS) is 14.4. The molecule has 0 bridgehead atoms. The minimum atomic E-state index is -1.65. The number of carboxylic acid groups (broad SMARTS) is 1. The Morgan fingerprint density at radius 1 is 1.25 bits per heavy atom. The number of nitrogens with one attached hydrogen (secondary N) is 3. The summed E-state index contributed by atoms with van der Waals surface area (Å²) in [5, 5.41) is 13.1. The fourth-order valence-corrected chi connectivity index (χ4v) is 3.52. The van der Waals surface area contributed by atoms with Crippen molar-refractivity contribution < 1.29 is 27.9 Å². The molecule has 9 nitrogen and oxygen atoms in total. The van der Waals surface area contributed by atoms with Gasteiger partial charge in [-0.1, -0.05) is 43.3 Å². The number of aryl methyl sites for hydroxylation is 1. The molecule has 4 N–H and O–H groups in total. The lowest BCUT2D eigenvalue weighted by molar-refractivity contribution is -0.135. The van der Waals surface area contributed by atoms with Gasteiger partial charge in [0.05, 0.1) is 6.54 Å². The number of aliphatic carboxylic acids is 1. The second kappa shape index (κ2) is 20.5. The van der Waals surface area contributed by atoms with E-state index in [4.69, 9.17) is 14.1 Å². The van der Waals surface area contributed by atoms with Crippen LogP contribution < -0.4 is 19.5 Å². The maximum Gasteiger partial charge on any atom is 0.317 e. The first-order chi connectivity index (χ1) is 17.3. The summed E-state index contributed by atoms with van der Waals surface area (Å²) < 4.78 is 20.3. The average Bonchev–Trinajstić information content (AvgIpc) is 3.31. The Morgan fingerprint density at radius 2 is 1.89 bits per heavy atom. The molecular formula is C25H37N3O6S2. The van der Waals surface area contributed by atoms with Crippen LogP contribution in [-0.4, -0.2) is 66.2 Å². The summed E-state index contributed by atoms with van der Waals surface area (Å²) in [7, 11) is 1.59. The Hall–Kier alpha value is -2.73. The van der Waals surface area contributed by atoms with Crippen molar-refractivity contribution in [2.45, 2.75) is 32.7 Å². The monoisotopic (exact) mass is 539 g/mol. The zero-order valence-electron chi connectivity index (χ0n) is 21.2. The van der Waals surface area contributed by atoms with Gasteiger partial charge < -0.3 is 24.7 Å². The molecule has 2 aromatic rings. The molecule has 1 heterocycles. The molecule has 1 saturated heterocycles. The molecule has 1 aliphatic rings. The molecule has 1 aliphatic heterocycles. The highest BCUT2D eigenvalue weighted by molar-refractivity contribution is 7.98. The number of carbonyl (C=O) groups is 3. The fourth-order valence-electron chi connectivity index (χ4n) is 2.85. The van der Waals surface area contributed by atoms with Gasteiger partial charge in [-0.3, -0.25) is 9.59 Å². The predicted octanol–water partition coefficient (Wildman–Crippen LogP) is 2.96. The maximum absolute atomic E-state index is 12.0. The third-order valence-electron chi connectivity index (χ3n) is 4.61. The Kier molecular flexibility index (Phi) is 18.9. The third kappa shape index (κ3) is 14.6. The highest BCUT2D eigenvalue weighted by Crippen LogP contribution is 2.27. The van der Waals surface area contributed by atoms with Crippen LogP contribution in [0, 0.1) is 6.92 Å². The molecule has 2 aromatic carbocycles. The second-order valence-electron chi connectivity index (χ2n) is 7.31. The SMILES string of the molecule is C=O.CCSC.CNCC(=O)O.Cc1ccc(OS(=O)NCC2CCC(=O)N2)cc1-c1ccccc1. The molecule has 36 heavy (non-hydrogen) atoms. The van der Waals surface area contributed by atoms with E-state index < -0.39 is 17.2 Å². The number of benzene rings is 2. The molecule has 0 radical (unpaired) electrons. The van der Waals surface area contributed by atoms with Crippen LogP contribution in [0.3, 0.4) is 0 Å². The van der Waals surface area contributed by atoms with Crippen molar-refractivity contribution in [1.29, 1.82) is 0 Å². The zero-order valence-corrected chi connectivity index (χ0v) is 22.9. The Morgan fingerprint density at radius 3 is 2.36 bits per heavy atom. The van der Waals surface area contributed by atoms with Crippen LogP contribution in [0.2, 0.25) is 0 Å². The summed E-state index contributed by atoms with van der Waals surface area (Å²) >= 11 is 0.206. The molecule has 1 amide bonds. The van der Waals surface area contributed by atoms with E-state index in [0.29, 0.717) is 18.7 Å². The summed E-state index contributed by atoms with van der Waals surface area (Å²) in [5.74, 6) is 0.998. The first kappa shape index (κ1) is 33.3. The van der Waals surface area contributed by atoms with Crippen molar-refractivity contribution in [2.24, 2.45) is 0 Å².